The van der Waals surface area contributed by atoms with Gasteiger partial charge >= 0.3 is 0 Å². The van der Waals surface area contributed by atoms with E-state index in [0.29, 0.717) is 23.1 Å². The number of anilines is 1. The lowest BCUT2D eigenvalue weighted by atomic mass is 10.2. The van der Waals surface area contributed by atoms with Gasteiger partial charge in [0.05, 0.1) is 14.2 Å². The third kappa shape index (κ3) is 3.72. The number of hydrogen-bond acceptors (Lipinski definition) is 7. The number of nitrogens with one attached hydrogen (secondary N) is 1. The van der Waals surface area contributed by atoms with E-state index < -0.39 is 0 Å². The summed E-state index contributed by atoms with van der Waals surface area (Å²) < 4.78 is 15.8. The molecule has 0 atom stereocenters. The van der Waals surface area contributed by atoms with Crippen LogP contribution in [-0.2, 0) is 11.2 Å². The molecule has 124 valence electrons. The van der Waals surface area contributed by atoms with Gasteiger partial charge in [0.2, 0.25) is 17.7 Å². The summed E-state index contributed by atoms with van der Waals surface area (Å²) in [6.07, 6.45) is -0.0172. The van der Waals surface area contributed by atoms with Crippen molar-refractivity contribution in [2.45, 2.75) is 6.42 Å². The molecule has 3 aromatic rings. The number of ether oxygens (including phenoxy) is 2. The number of carbonyl (C=O) groups excluding carboxylic acids is 1. The van der Waals surface area contributed by atoms with E-state index in [0.717, 1.165) is 5.56 Å². The fourth-order valence-corrected chi connectivity index (χ4v) is 2.68. The summed E-state index contributed by atoms with van der Waals surface area (Å²) in [6.45, 7) is 0. The second kappa shape index (κ2) is 7.14. The van der Waals surface area contributed by atoms with Gasteiger partial charge in [-0.1, -0.05) is 0 Å². The van der Waals surface area contributed by atoms with Crippen LogP contribution < -0.4 is 14.8 Å². The second-order valence-electron chi connectivity index (χ2n) is 4.84. The van der Waals surface area contributed by atoms with Crippen molar-refractivity contribution >= 4 is 22.9 Å². The third-order valence-corrected chi connectivity index (χ3v) is 3.87. The Hall–Kier alpha value is -2.87. The standard InChI is InChI=1S/C16H15N3O4S/c1-21-12-5-11(6-13(7-12)22-2)17-14(20)8-15-18-19-16(23-15)10-3-4-24-9-10/h3-7,9H,8H2,1-2H3,(H,17,20). The number of methoxy groups -OCH3 is 2. The molecule has 2 heterocycles. The first-order valence-corrected chi connectivity index (χ1v) is 8.00. The van der Waals surface area contributed by atoms with Crippen molar-refractivity contribution in [3.05, 3.63) is 40.9 Å². The molecule has 0 aliphatic heterocycles. The van der Waals surface area contributed by atoms with Gasteiger partial charge < -0.3 is 19.2 Å². The van der Waals surface area contributed by atoms with E-state index in [9.17, 15) is 4.79 Å². The highest BCUT2D eigenvalue weighted by Gasteiger charge is 2.13. The predicted octanol–water partition coefficient (Wildman–Crippen LogP) is 3.00. The molecule has 0 aliphatic carbocycles. The van der Waals surface area contributed by atoms with Gasteiger partial charge in [-0.15, -0.1) is 10.2 Å². The van der Waals surface area contributed by atoms with Crippen LogP contribution in [0.25, 0.3) is 11.5 Å². The van der Waals surface area contributed by atoms with Crippen LogP contribution in [0.1, 0.15) is 5.89 Å². The number of nitrogens with zero attached hydrogens (tertiary/aromatic N) is 2. The number of carbonyl (C=O) groups is 1. The molecule has 0 radical (unpaired) electrons. The van der Waals surface area contributed by atoms with E-state index in [-0.39, 0.29) is 18.2 Å². The molecule has 8 heteroatoms. The summed E-state index contributed by atoms with van der Waals surface area (Å²) in [7, 11) is 3.09. The van der Waals surface area contributed by atoms with Gasteiger partial charge in [-0.2, -0.15) is 11.3 Å². The lowest BCUT2D eigenvalue weighted by Crippen LogP contribution is -2.14. The third-order valence-electron chi connectivity index (χ3n) is 3.18. The molecule has 0 bridgehead atoms. The molecule has 0 fully saturated rings. The predicted molar refractivity (Wildman–Crippen MR) is 89.5 cm³/mol. The molecule has 3 rings (SSSR count). The van der Waals surface area contributed by atoms with Gasteiger partial charge in [0.15, 0.2) is 0 Å². The number of thiophene rings is 1. The van der Waals surface area contributed by atoms with Gasteiger partial charge in [0.1, 0.15) is 17.9 Å². The quantitative estimate of drug-likeness (QED) is 0.739. The van der Waals surface area contributed by atoms with Crippen molar-refractivity contribution in [2.24, 2.45) is 0 Å². The summed E-state index contributed by atoms with van der Waals surface area (Å²) in [5.74, 6) is 1.56. The minimum absolute atomic E-state index is 0.0172. The highest BCUT2D eigenvalue weighted by atomic mass is 32.1. The fourth-order valence-electron chi connectivity index (χ4n) is 2.05. The van der Waals surface area contributed by atoms with Crippen LogP contribution in [0.5, 0.6) is 11.5 Å². The first kappa shape index (κ1) is 16.0. The van der Waals surface area contributed by atoms with E-state index in [1.807, 2.05) is 16.8 Å². The maximum absolute atomic E-state index is 12.2. The maximum Gasteiger partial charge on any atom is 0.248 e. The van der Waals surface area contributed by atoms with Crippen molar-refractivity contribution in [1.29, 1.82) is 0 Å². The van der Waals surface area contributed by atoms with Crippen LogP contribution in [-0.4, -0.2) is 30.3 Å². The molecule has 24 heavy (non-hydrogen) atoms. The Balaban J connectivity index is 1.68. The normalized spacial score (nSPS) is 10.4. The molecule has 0 aliphatic rings. The van der Waals surface area contributed by atoms with Gasteiger partial charge in [0, 0.05) is 34.8 Å². The van der Waals surface area contributed by atoms with Crippen LogP contribution in [0.15, 0.2) is 39.4 Å². The molecule has 0 saturated carbocycles. The molecule has 1 N–H and O–H groups in total. The van der Waals surface area contributed by atoms with E-state index in [1.54, 1.807) is 32.4 Å². The van der Waals surface area contributed by atoms with Crippen molar-refractivity contribution in [3.63, 3.8) is 0 Å². The van der Waals surface area contributed by atoms with Gasteiger partial charge in [0.25, 0.3) is 0 Å². The Kier molecular flexibility index (Phi) is 4.76. The summed E-state index contributed by atoms with van der Waals surface area (Å²) in [5, 5.41) is 14.4. The number of amides is 1. The fraction of sp³-hybridized carbons (Fsp3) is 0.188. The number of hydrogen-bond donors (Lipinski definition) is 1. The van der Waals surface area contributed by atoms with Crippen LogP contribution in [0.4, 0.5) is 5.69 Å². The molecule has 7 nitrogen and oxygen atoms in total. The maximum atomic E-state index is 12.2. The van der Waals surface area contributed by atoms with Crippen LogP contribution >= 0.6 is 11.3 Å². The van der Waals surface area contributed by atoms with E-state index in [4.69, 9.17) is 13.9 Å². The summed E-state index contributed by atoms with van der Waals surface area (Å²) in [4.78, 5) is 12.2. The molecular weight excluding hydrogens is 330 g/mol. The number of benzene rings is 1. The Morgan fingerprint density at radius 2 is 1.96 bits per heavy atom. The molecular formula is C16H15N3O4S. The minimum Gasteiger partial charge on any atom is -0.497 e. The minimum atomic E-state index is -0.272. The first-order chi connectivity index (χ1) is 11.7. The zero-order valence-corrected chi connectivity index (χ0v) is 13.9. The number of rotatable bonds is 6. The van der Waals surface area contributed by atoms with E-state index in [1.165, 1.54) is 11.3 Å². The van der Waals surface area contributed by atoms with Gasteiger partial charge in [-0.25, -0.2) is 0 Å². The first-order valence-electron chi connectivity index (χ1n) is 7.06. The van der Waals surface area contributed by atoms with Crippen LogP contribution in [0.2, 0.25) is 0 Å². The molecule has 0 saturated heterocycles. The summed E-state index contributed by atoms with van der Waals surface area (Å²) in [5.41, 5.74) is 1.41. The lowest BCUT2D eigenvalue weighted by molar-refractivity contribution is -0.115. The molecule has 1 amide bonds. The number of aromatic nitrogens is 2. The largest absolute Gasteiger partial charge is 0.497 e. The van der Waals surface area contributed by atoms with Crippen LogP contribution in [0.3, 0.4) is 0 Å². The smallest absolute Gasteiger partial charge is 0.248 e. The van der Waals surface area contributed by atoms with Crippen molar-refractivity contribution in [3.8, 4) is 23.0 Å². The van der Waals surface area contributed by atoms with Crippen LogP contribution in [0, 0.1) is 0 Å². The lowest BCUT2D eigenvalue weighted by Gasteiger charge is -2.09. The van der Waals surface area contributed by atoms with Crippen molar-refractivity contribution in [2.75, 3.05) is 19.5 Å². The highest BCUT2D eigenvalue weighted by molar-refractivity contribution is 7.08. The summed E-state index contributed by atoms with van der Waals surface area (Å²) in [6, 6.07) is 7.00. The summed E-state index contributed by atoms with van der Waals surface area (Å²) >= 11 is 1.54. The monoisotopic (exact) mass is 345 g/mol. The Labute approximate surface area is 142 Å². The molecule has 2 aromatic heterocycles. The average Bonchev–Trinajstić information content (AvgIpc) is 3.25. The van der Waals surface area contributed by atoms with E-state index in [2.05, 4.69) is 15.5 Å². The Morgan fingerprint density at radius 1 is 1.21 bits per heavy atom. The Morgan fingerprint density at radius 3 is 2.58 bits per heavy atom. The Bertz CT molecular complexity index is 807. The van der Waals surface area contributed by atoms with Crippen molar-refractivity contribution in [1.82, 2.24) is 10.2 Å². The van der Waals surface area contributed by atoms with Gasteiger partial charge in [-0.3, -0.25) is 4.79 Å². The average molecular weight is 345 g/mol. The zero-order chi connectivity index (χ0) is 16.9. The molecule has 0 unspecified atom stereocenters. The SMILES string of the molecule is COc1cc(NC(=O)Cc2nnc(-c3ccsc3)o2)cc(OC)c1. The zero-order valence-electron chi connectivity index (χ0n) is 13.1. The highest BCUT2D eigenvalue weighted by Crippen LogP contribution is 2.26. The second-order valence-corrected chi connectivity index (χ2v) is 5.62. The topological polar surface area (TPSA) is 86.5 Å². The van der Waals surface area contributed by atoms with E-state index >= 15 is 0 Å². The van der Waals surface area contributed by atoms with Crippen molar-refractivity contribution < 1.29 is 18.7 Å². The molecule has 1 aromatic carbocycles. The van der Waals surface area contributed by atoms with Gasteiger partial charge in [-0.05, 0) is 11.4 Å². The molecule has 0 spiro atoms.